The summed E-state index contributed by atoms with van der Waals surface area (Å²) < 4.78 is 4.93. The van der Waals surface area contributed by atoms with Crippen molar-refractivity contribution >= 4 is 6.08 Å². The van der Waals surface area contributed by atoms with E-state index in [0.717, 1.165) is 25.1 Å². The van der Waals surface area contributed by atoms with Crippen molar-refractivity contribution in [2.75, 3.05) is 13.1 Å². The van der Waals surface area contributed by atoms with Crippen molar-refractivity contribution in [1.29, 1.82) is 0 Å². The van der Waals surface area contributed by atoms with Crippen LogP contribution in [0.3, 0.4) is 0 Å². The van der Waals surface area contributed by atoms with Crippen LogP contribution in [0.15, 0.2) is 29.1 Å². The standard InChI is InChI=1S/C10H15NO/c1-2-11-7-4-3-5-10-6-8-12-9-10/h3,5-6,8-9,11H,2,4,7H2,1H3. The minimum atomic E-state index is 1.04. The van der Waals surface area contributed by atoms with E-state index in [-0.39, 0.29) is 0 Å². The van der Waals surface area contributed by atoms with Crippen molar-refractivity contribution in [3.63, 3.8) is 0 Å². The zero-order valence-corrected chi connectivity index (χ0v) is 7.42. The van der Waals surface area contributed by atoms with Crippen LogP contribution >= 0.6 is 0 Å². The van der Waals surface area contributed by atoms with Gasteiger partial charge >= 0.3 is 0 Å². The minimum absolute atomic E-state index is 1.04. The summed E-state index contributed by atoms with van der Waals surface area (Å²) in [5.41, 5.74) is 1.13. The highest BCUT2D eigenvalue weighted by atomic mass is 16.3. The Kier molecular flexibility index (Phi) is 4.24. The molecule has 2 nitrogen and oxygen atoms in total. The molecule has 0 aliphatic rings. The van der Waals surface area contributed by atoms with Crippen LogP contribution in [0.4, 0.5) is 0 Å². The molecule has 0 aliphatic carbocycles. The second kappa shape index (κ2) is 5.61. The first-order valence-electron chi connectivity index (χ1n) is 4.33. The summed E-state index contributed by atoms with van der Waals surface area (Å²) in [5, 5.41) is 3.25. The van der Waals surface area contributed by atoms with Crippen LogP contribution in [-0.2, 0) is 0 Å². The van der Waals surface area contributed by atoms with Crippen LogP contribution in [0.1, 0.15) is 18.9 Å². The van der Waals surface area contributed by atoms with Crippen LogP contribution in [0.2, 0.25) is 0 Å². The molecule has 66 valence electrons. The van der Waals surface area contributed by atoms with Crippen molar-refractivity contribution in [2.45, 2.75) is 13.3 Å². The highest BCUT2D eigenvalue weighted by molar-refractivity contribution is 5.46. The normalized spacial score (nSPS) is 11.1. The molecule has 1 aromatic heterocycles. The predicted molar refractivity (Wildman–Crippen MR) is 50.9 cm³/mol. The van der Waals surface area contributed by atoms with Gasteiger partial charge in [-0.2, -0.15) is 0 Å². The highest BCUT2D eigenvalue weighted by Crippen LogP contribution is 2.02. The molecule has 0 amide bonds. The van der Waals surface area contributed by atoms with Gasteiger partial charge < -0.3 is 9.73 Å². The second-order valence-corrected chi connectivity index (χ2v) is 2.60. The fourth-order valence-electron chi connectivity index (χ4n) is 0.951. The van der Waals surface area contributed by atoms with E-state index in [4.69, 9.17) is 4.42 Å². The molecule has 1 rings (SSSR count). The second-order valence-electron chi connectivity index (χ2n) is 2.60. The lowest BCUT2D eigenvalue weighted by Gasteiger charge is -1.94. The van der Waals surface area contributed by atoms with Gasteiger partial charge in [0, 0.05) is 5.56 Å². The molecule has 2 heteroatoms. The van der Waals surface area contributed by atoms with Crippen molar-refractivity contribution in [1.82, 2.24) is 5.32 Å². The van der Waals surface area contributed by atoms with E-state index in [0.29, 0.717) is 0 Å². The van der Waals surface area contributed by atoms with E-state index >= 15 is 0 Å². The van der Waals surface area contributed by atoms with Crippen LogP contribution in [0, 0.1) is 0 Å². The Morgan fingerprint density at radius 3 is 3.17 bits per heavy atom. The van der Waals surface area contributed by atoms with Crippen molar-refractivity contribution in [2.24, 2.45) is 0 Å². The maximum Gasteiger partial charge on any atom is 0.0974 e. The number of furan rings is 1. The zero-order chi connectivity index (χ0) is 8.65. The average molecular weight is 165 g/mol. The monoisotopic (exact) mass is 165 g/mol. The first-order chi connectivity index (χ1) is 5.93. The molecule has 0 spiro atoms. The molecule has 0 saturated carbocycles. The third-order valence-corrected chi connectivity index (χ3v) is 1.59. The van der Waals surface area contributed by atoms with Crippen LogP contribution in [-0.4, -0.2) is 13.1 Å². The molecular formula is C10H15NO. The lowest BCUT2D eigenvalue weighted by atomic mass is 10.3. The summed E-state index contributed by atoms with van der Waals surface area (Å²) >= 11 is 0. The number of hydrogen-bond acceptors (Lipinski definition) is 2. The third kappa shape index (κ3) is 3.39. The van der Waals surface area contributed by atoms with E-state index in [9.17, 15) is 0 Å². The SMILES string of the molecule is CCNCCC=Cc1ccoc1. The predicted octanol–water partition coefficient (Wildman–Crippen LogP) is 2.29. The molecule has 0 aliphatic heterocycles. The number of hydrogen-bond donors (Lipinski definition) is 1. The van der Waals surface area contributed by atoms with Crippen LogP contribution in [0.25, 0.3) is 6.08 Å². The summed E-state index contributed by atoms with van der Waals surface area (Å²) in [5.74, 6) is 0. The molecule has 0 fully saturated rings. The highest BCUT2D eigenvalue weighted by Gasteiger charge is 1.85. The number of rotatable bonds is 5. The lowest BCUT2D eigenvalue weighted by molar-refractivity contribution is 0.567. The zero-order valence-electron chi connectivity index (χ0n) is 7.42. The maximum absolute atomic E-state index is 4.93. The summed E-state index contributed by atoms with van der Waals surface area (Å²) in [7, 11) is 0. The molecule has 0 bridgehead atoms. The first kappa shape index (κ1) is 9.07. The van der Waals surface area contributed by atoms with E-state index in [1.54, 1.807) is 12.5 Å². The molecule has 0 aromatic carbocycles. The summed E-state index contributed by atoms with van der Waals surface area (Å²) in [6, 6.07) is 1.95. The van der Waals surface area contributed by atoms with E-state index in [1.807, 2.05) is 6.07 Å². The van der Waals surface area contributed by atoms with Crippen molar-refractivity contribution in [3.05, 3.63) is 30.2 Å². The Bertz CT molecular complexity index is 214. The van der Waals surface area contributed by atoms with Gasteiger partial charge in [-0.1, -0.05) is 19.1 Å². The molecule has 0 atom stereocenters. The third-order valence-electron chi connectivity index (χ3n) is 1.59. The fraction of sp³-hybridized carbons (Fsp3) is 0.400. The van der Waals surface area contributed by atoms with Crippen molar-refractivity contribution < 1.29 is 4.42 Å². The van der Waals surface area contributed by atoms with Gasteiger partial charge in [-0.3, -0.25) is 0 Å². The van der Waals surface area contributed by atoms with E-state index < -0.39 is 0 Å². The maximum atomic E-state index is 4.93. The largest absolute Gasteiger partial charge is 0.472 e. The van der Waals surface area contributed by atoms with Gasteiger partial charge in [-0.25, -0.2) is 0 Å². The smallest absolute Gasteiger partial charge is 0.0974 e. The molecular weight excluding hydrogens is 150 g/mol. The Balaban J connectivity index is 2.14. The van der Waals surface area contributed by atoms with Crippen LogP contribution < -0.4 is 5.32 Å². The van der Waals surface area contributed by atoms with Gasteiger partial charge in [0.1, 0.15) is 0 Å². The van der Waals surface area contributed by atoms with Crippen LogP contribution in [0.5, 0.6) is 0 Å². The summed E-state index contributed by atoms with van der Waals surface area (Å²) in [6.45, 7) is 4.20. The van der Waals surface area contributed by atoms with Gasteiger partial charge in [0.25, 0.3) is 0 Å². The van der Waals surface area contributed by atoms with Gasteiger partial charge in [-0.05, 0) is 25.6 Å². The van der Waals surface area contributed by atoms with Gasteiger partial charge in [0.2, 0.25) is 0 Å². The molecule has 0 radical (unpaired) electrons. The van der Waals surface area contributed by atoms with Gasteiger partial charge in [0.15, 0.2) is 0 Å². The van der Waals surface area contributed by atoms with Gasteiger partial charge in [0.05, 0.1) is 12.5 Å². The first-order valence-corrected chi connectivity index (χ1v) is 4.33. The minimum Gasteiger partial charge on any atom is -0.472 e. The summed E-state index contributed by atoms with van der Waals surface area (Å²) in [4.78, 5) is 0. The molecule has 0 unspecified atom stereocenters. The quantitative estimate of drug-likeness (QED) is 0.677. The Hall–Kier alpha value is -1.02. The van der Waals surface area contributed by atoms with Gasteiger partial charge in [-0.15, -0.1) is 0 Å². The van der Waals surface area contributed by atoms with E-state index in [1.165, 1.54) is 0 Å². The Labute approximate surface area is 73.3 Å². The fourth-order valence-corrected chi connectivity index (χ4v) is 0.951. The van der Waals surface area contributed by atoms with E-state index in [2.05, 4.69) is 24.4 Å². The molecule has 12 heavy (non-hydrogen) atoms. The molecule has 1 heterocycles. The van der Waals surface area contributed by atoms with Crippen molar-refractivity contribution in [3.8, 4) is 0 Å². The molecule has 0 saturated heterocycles. The average Bonchev–Trinajstić information content (AvgIpc) is 2.57. The summed E-state index contributed by atoms with van der Waals surface area (Å²) in [6.07, 6.45) is 8.71. The molecule has 1 N–H and O–H groups in total. The lowest BCUT2D eigenvalue weighted by Crippen LogP contribution is -2.12. The topological polar surface area (TPSA) is 25.2 Å². The molecule has 1 aromatic rings. The number of nitrogens with one attached hydrogen (secondary N) is 1. The Morgan fingerprint density at radius 1 is 1.58 bits per heavy atom. The Morgan fingerprint density at radius 2 is 2.50 bits per heavy atom.